The number of morpholine rings is 1. The molecule has 3 nitrogen and oxygen atoms in total. The van der Waals surface area contributed by atoms with Crippen LogP contribution in [-0.4, -0.2) is 42.5 Å². The van der Waals surface area contributed by atoms with Gasteiger partial charge >= 0.3 is 0 Å². The summed E-state index contributed by atoms with van der Waals surface area (Å²) in [7, 11) is 0. The number of nitrogens with zero attached hydrogens (tertiary/aromatic N) is 1. The minimum atomic E-state index is -0.660. The largest absolute Gasteiger partial charge is 0.379 e. The van der Waals surface area contributed by atoms with E-state index in [1.165, 1.54) is 12.1 Å². The van der Waals surface area contributed by atoms with E-state index in [0.717, 1.165) is 6.07 Å². The summed E-state index contributed by atoms with van der Waals surface area (Å²) < 4.78 is 31.6. The number of hydrogen-bond acceptors (Lipinski definition) is 3. The second kappa shape index (κ2) is 5.97. The van der Waals surface area contributed by atoms with E-state index in [9.17, 15) is 13.6 Å². The summed E-state index contributed by atoms with van der Waals surface area (Å²) in [4.78, 5) is 14.5. The predicted molar refractivity (Wildman–Crippen MR) is 71.5 cm³/mol. The molecule has 1 aromatic carbocycles. The van der Waals surface area contributed by atoms with E-state index < -0.39 is 17.2 Å². The summed E-state index contributed by atoms with van der Waals surface area (Å²) >= 11 is 0. The van der Waals surface area contributed by atoms with E-state index in [0.29, 0.717) is 31.9 Å². The maximum Gasteiger partial charge on any atom is 0.156 e. The number of rotatable bonds is 4. The van der Waals surface area contributed by atoms with Crippen molar-refractivity contribution in [1.82, 2.24) is 4.90 Å². The molecule has 0 bridgehead atoms. The highest BCUT2D eigenvalue weighted by Gasteiger charge is 2.34. The van der Waals surface area contributed by atoms with Crippen LogP contribution in [0.15, 0.2) is 18.2 Å². The molecule has 1 aliphatic heterocycles. The van der Waals surface area contributed by atoms with Gasteiger partial charge in [0, 0.05) is 25.6 Å². The Morgan fingerprint density at radius 2 is 1.75 bits per heavy atom. The molecule has 0 amide bonds. The van der Waals surface area contributed by atoms with Gasteiger partial charge in [0.1, 0.15) is 11.6 Å². The van der Waals surface area contributed by atoms with Gasteiger partial charge in [0.05, 0.1) is 18.8 Å². The Hall–Kier alpha value is -1.33. The van der Waals surface area contributed by atoms with Crippen molar-refractivity contribution in [2.24, 2.45) is 0 Å². The summed E-state index contributed by atoms with van der Waals surface area (Å²) in [5.41, 5.74) is -0.291. The van der Waals surface area contributed by atoms with E-state index >= 15 is 0 Å². The van der Waals surface area contributed by atoms with Gasteiger partial charge in [-0.15, -0.1) is 0 Å². The van der Waals surface area contributed by atoms with E-state index in [1.807, 2.05) is 13.8 Å². The molecule has 1 aromatic rings. The van der Waals surface area contributed by atoms with Crippen molar-refractivity contribution in [3.05, 3.63) is 35.4 Å². The fourth-order valence-corrected chi connectivity index (χ4v) is 2.41. The zero-order chi connectivity index (χ0) is 14.8. The quantitative estimate of drug-likeness (QED) is 0.848. The molecule has 110 valence electrons. The highest BCUT2D eigenvalue weighted by molar-refractivity contribution is 5.89. The summed E-state index contributed by atoms with van der Waals surface area (Å²) in [6.45, 7) is 6.27. The molecular weight excluding hydrogens is 264 g/mol. The Kier molecular flexibility index (Phi) is 4.50. The molecule has 0 saturated carbocycles. The lowest BCUT2D eigenvalue weighted by Crippen LogP contribution is -2.54. The van der Waals surface area contributed by atoms with Crippen LogP contribution in [0.4, 0.5) is 8.78 Å². The monoisotopic (exact) mass is 283 g/mol. The van der Waals surface area contributed by atoms with Gasteiger partial charge in [0.25, 0.3) is 0 Å². The number of halogens is 2. The van der Waals surface area contributed by atoms with Crippen LogP contribution in [0.1, 0.15) is 19.4 Å². The molecule has 0 radical (unpaired) electrons. The zero-order valence-corrected chi connectivity index (χ0v) is 11.8. The van der Waals surface area contributed by atoms with Crippen LogP contribution >= 0.6 is 0 Å². The third-order valence-electron chi connectivity index (χ3n) is 3.77. The topological polar surface area (TPSA) is 29.5 Å². The third-order valence-corrected chi connectivity index (χ3v) is 3.77. The Labute approximate surface area is 117 Å². The van der Waals surface area contributed by atoms with Gasteiger partial charge in [-0.05, 0) is 31.5 Å². The van der Waals surface area contributed by atoms with Crippen LogP contribution < -0.4 is 0 Å². The molecule has 0 aliphatic carbocycles. The Bertz CT molecular complexity index is 476. The summed E-state index contributed by atoms with van der Waals surface area (Å²) in [6.07, 6.45) is 0.0268. The second-order valence-electron chi connectivity index (χ2n) is 5.54. The molecule has 20 heavy (non-hydrogen) atoms. The summed E-state index contributed by atoms with van der Waals surface area (Å²) in [6, 6.07) is 3.22. The number of hydrogen-bond donors (Lipinski definition) is 0. The highest BCUT2D eigenvalue weighted by Crippen LogP contribution is 2.20. The lowest BCUT2D eigenvalue weighted by Gasteiger charge is -2.39. The van der Waals surface area contributed by atoms with Gasteiger partial charge in [-0.3, -0.25) is 9.69 Å². The number of ketones is 1. The van der Waals surface area contributed by atoms with Crippen molar-refractivity contribution in [3.63, 3.8) is 0 Å². The van der Waals surface area contributed by atoms with E-state index in [1.54, 1.807) is 0 Å². The molecule has 2 rings (SSSR count). The highest BCUT2D eigenvalue weighted by atomic mass is 19.1. The van der Waals surface area contributed by atoms with Crippen molar-refractivity contribution in [2.75, 3.05) is 26.3 Å². The van der Waals surface area contributed by atoms with Crippen LogP contribution in [0.25, 0.3) is 0 Å². The molecular formula is C15H19F2NO2. The van der Waals surface area contributed by atoms with Crippen molar-refractivity contribution in [2.45, 2.75) is 25.8 Å². The normalized spacial score (nSPS) is 17.2. The van der Waals surface area contributed by atoms with Crippen molar-refractivity contribution >= 4 is 5.78 Å². The van der Waals surface area contributed by atoms with Crippen molar-refractivity contribution in [3.8, 4) is 0 Å². The first-order valence-corrected chi connectivity index (χ1v) is 6.70. The number of carbonyl (C=O) groups excluding carboxylic acids is 1. The minimum Gasteiger partial charge on any atom is -0.379 e. The average molecular weight is 283 g/mol. The predicted octanol–water partition coefficient (Wildman–Crippen LogP) is 2.19. The van der Waals surface area contributed by atoms with Gasteiger partial charge < -0.3 is 4.74 Å². The molecule has 0 atom stereocenters. The Morgan fingerprint density at radius 3 is 2.30 bits per heavy atom. The van der Waals surface area contributed by atoms with Crippen LogP contribution in [0.5, 0.6) is 0 Å². The molecule has 1 heterocycles. The first-order chi connectivity index (χ1) is 9.39. The average Bonchev–Trinajstić information content (AvgIpc) is 2.38. The fraction of sp³-hybridized carbons (Fsp3) is 0.533. The second-order valence-corrected chi connectivity index (χ2v) is 5.54. The number of benzene rings is 1. The van der Waals surface area contributed by atoms with Gasteiger partial charge in [-0.1, -0.05) is 0 Å². The van der Waals surface area contributed by atoms with Gasteiger partial charge in [-0.2, -0.15) is 0 Å². The fourth-order valence-electron chi connectivity index (χ4n) is 2.41. The van der Waals surface area contributed by atoms with Crippen LogP contribution in [0.2, 0.25) is 0 Å². The smallest absolute Gasteiger partial charge is 0.156 e. The zero-order valence-electron chi connectivity index (χ0n) is 11.8. The van der Waals surface area contributed by atoms with E-state index in [-0.39, 0.29) is 12.2 Å². The van der Waals surface area contributed by atoms with Crippen LogP contribution in [-0.2, 0) is 16.0 Å². The molecule has 1 saturated heterocycles. The Morgan fingerprint density at radius 1 is 1.20 bits per heavy atom. The Balaban J connectivity index is 2.09. The number of ether oxygens (including phenoxy) is 1. The maximum atomic E-state index is 13.2. The van der Waals surface area contributed by atoms with Crippen molar-refractivity contribution in [1.29, 1.82) is 0 Å². The maximum absolute atomic E-state index is 13.2. The molecule has 0 N–H and O–H groups in total. The molecule has 1 aliphatic rings. The molecule has 1 fully saturated rings. The van der Waals surface area contributed by atoms with Crippen LogP contribution in [0, 0.1) is 11.6 Å². The van der Waals surface area contributed by atoms with Gasteiger partial charge in [-0.25, -0.2) is 8.78 Å². The van der Waals surface area contributed by atoms with Crippen LogP contribution in [0.3, 0.4) is 0 Å². The van der Waals surface area contributed by atoms with Gasteiger partial charge in [0.2, 0.25) is 0 Å². The first kappa shape index (κ1) is 15.1. The van der Waals surface area contributed by atoms with E-state index in [4.69, 9.17) is 4.74 Å². The summed E-state index contributed by atoms with van der Waals surface area (Å²) in [5.74, 6) is -1.36. The number of carbonyl (C=O) groups is 1. The van der Waals surface area contributed by atoms with E-state index in [2.05, 4.69) is 4.90 Å². The summed E-state index contributed by atoms with van der Waals surface area (Å²) in [5, 5.41) is 0. The minimum absolute atomic E-state index is 0.0268. The lowest BCUT2D eigenvalue weighted by atomic mass is 9.91. The SMILES string of the molecule is CC(C)(C(=O)Cc1cc(F)cc(F)c1)N1CCOCC1. The first-order valence-electron chi connectivity index (χ1n) is 6.70. The van der Waals surface area contributed by atoms with Gasteiger partial charge in [0.15, 0.2) is 5.78 Å². The molecule has 0 aromatic heterocycles. The molecule has 5 heteroatoms. The standard InChI is InChI=1S/C15H19F2NO2/c1-15(2,18-3-5-20-6-4-18)14(19)9-11-7-12(16)10-13(17)8-11/h7-8,10H,3-6,9H2,1-2H3. The van der Waals surface area contributed by atoms with Crippen molar-refractivity contribution < 1.29 is 18.3 Å². The lowest BCUT2D eigenvalue weighted by molar-refractivity contribution is -0.131. The molecule has 0 spiro atoms. The number of Topliss-reactive ketones (excluding diaryl/α,β-unsaturated/α-hetero) is 1. The molecule has 0 unspecified atom stereocenters. The third kappa shape index (κ3) is 3.41.